The third-order valence-corrected chi connectivity index (χ3v) is 6.57. The Labute approximate surface area is 153 Å². The van der Waals surface area contributed by atoms with Crippen molar-refractivity contribution in [2.45, 2.75) is 43.9 Å². The van der Waals surface area contributed by atoms with Gasteiger partial charge in [0.2, 0.25) is 0 Å². The zero-order valence-electron chi connectivity index (χ0n) is 14.0. The highest BCUT2D eigenvalue weighted by molar-refractivity contribution is 7.98. The second-order valence-corrected chi connectivity index (χ2v) is 8.26. The van der Waals surface area contributed by atoms with Crippen LogP contribution in [-0.2, 0) is 18.6 Å². The fourth-order valence-corrected chi connectivity index (χ4v) is 5.55. The summed E-state index contributed by atoms with van der Waals surface area (Å²) in [5.74, 6) is 1.12. The molecule has 0 aromatic carbocycles. The van der Waals surface area contributed by atoms with Gasteiger partial charge in [0, 0.05) is 10.6 Å². The molecule has 0 radical (unpaired) electrons. The Morgan fingerprint density at radius 3 is 3.00 bits per heavy atom. The van der Waals surface area contributed by atoms with Crippen LogP contribution in [0.4, 0.5) is 0 Å². The molecule has 1 aliphatic rings. The first-order valence-electron chi connectivity index (χ1n) is 8.11. The summed E-state index contributed by atoms with van der Waals surface area (Å²) < 4.78 is 0. The van der Waals surface area contributed by atoms with Gasteiger partial charge >= 0.3 is 0 Å². The minimum atomic E-state index is -0.0473. The average molecular weight is 368 g/mol. The number of nitrogens with one attached hydrogen (secondary N) is 1. The van der Waals surface area contributed by atoms with Crippen molar-refractivity contribution in [3.8, 4) is 6.07 Å². The van der Waals surface area contributed by atoms with Gasteiger partial charge in [0.1, 0.15) is 21.7 Å². The monoisotopic (exact) mass is 368 g/mol. The number of nitrogens with zero attached hydrogens (tertiary/aromatic N) is 3. The lowest BCUT2D eigenvalue weighted by Crippen LogP contribution is -2.11. The SMILES string of the molecule is Cc1cc(C)c(C#N)c(SCc2nc3sc4c(c3c(=O)[nH]2)CCC4)n1. The van der Waals surface area contributed by atoms with Crippen LogP contribution in [0, 0.1) is 25.2 Å². The molecular weight excluding hydrogens is 352 g/mol. The van der Waals surface area contributed by atoms with Crippen molar-refractivity contribution in [2.24, 2.45) is 0 Å². The molecule has 0 spiro atoms. The number of thioether (sulfide) groups is 1. The van der Waals surface area contributed by atoms with Crippen LogP contribution >= 0.6 is 23.1 Å². The van der Waals surface area contributed by atoms with Gasteiger partial charge in [-0.15, -0.1) is 11.3 Å². The van der Waals surface area contributed by atoms with Crippen LogP contribution in [-0.4, -0.2) is 15.0 Å². The first-order chi connectivity index (χ1) is 12.1. The largest absolute Gasteiger partial charge is 0.309 e. The summed E-state index contributed by atoms with van der Waals surface area (Å²) in [4.78, 5) is 26.7. The smallest absolute Gasteiger partial charge is 0.259 e. The van der Waals surface area contributed by atoms with Crippen LogP contribution in [0.25, 0.3) is 10.2 Å². The van der Waals surface area contributed by atoms with E-state index in [2.05, 4.69) is 21.0 Å². The van der Waals surface area contributed by atoms with Crippen LogP contribution in [0.5, 0.6) is 0 Å². The number of H-pyrrole nitrogens is 1. The molecule has 0 bridgehead atoms. The van der Waals surface area contributed by atoms with Gasteiger partial charge in [-0.2, -0.15) is 5.26 Å². The van der Waals surface area contributed by atoms with Gasteiger partial charge in [-0.1, -0.05) is 11.8 Å². The Bertz CT molecular complexity index is 1090. The molecule has 3 heterocycles. The number of rotatable bonds is 3. The van der Waals surface area contributed by atoms with Gasteiger partial charge in [0.15, 0.2) is 0 Å². The Morgan fingerprint density at radius 1 is 1.36 bits per heavy atom. The summed E-state index contributed by atoms with van der Waals surface area (Å²) in [6.45, 7) is 3.83. The molecule has 3 aromatic heterocycles. The number of pyridine rings is 1. The van der Waals surface area contributed by atoms with Crippen LogP contribution < -0.4 is 5.56 Å². The summed E-state index contributed by atoms with van der Waals surface area (Å²) in [6.07, 6.45) is 3.16. The number of aromatic nitrogens is 3. The summed E-state index contributed by atoms with van der Waals surface area (Å²) in [7, 11) is 0. The van der Waals surface area contributed by atoms with E-state index in [-0.39, 0.29) is 5.56 Å². The number of hydrogen-bond acceptors (Lipinski definition) is 6. The maximum absolute atomic E-state index is 12.5. The fourth-order valence-electron chi connectivity index (χ4n) is 3.29. The summed E-state index contributed by atoms with van der Waals surface area (Å²) in [5, 5.41) is 10.8. The summed E-state index contributed by atoms with van der Waals surface area (Å²) in [6, 6.07) is 4.13. The molecule has 5 nitrogen and oxygen atoms in total. The van der Waals surface area contributed by atoms with E-state index in [1.165, 1.54) is 22.2 Å². The third kappa shape index (κ3) is 2.86. The molecule has 1 aliphatic carbocycles. The van der Waals surface area contributed by atoms with E-state index in [1.807, 2.05) is 19.9 Å². The zero-order valence-corrected chi connectivity index (χ0v) is 15.6. The van der Waals surface area contributed by atoms with Gasteiger partial charge in [0.25, 0.3) is 5.56 Å². The van der Waals surface area contributed by atoms with E-state index < -0.39 is 0 Å². The average Bonchev–Trinajstić information content (AvgIpc) is 3.12. The Kier molecular flexibility index (Phi) is 4.10. The van der Waals surface area contributed by atoms with Crippen LogP contribution in [0.2, 0.25) is 0 Å². The fraction of sp³-hybridized carbons (Fsp3) is 0.333. The van der Waals surface area contributed by atoms with Crippen molar-refractivity contribution in [3.63, 3.8) is 0 Å². The topological polar surface area (TPSA) is 82.4 Å². The molecule has 7 heteroatoms. The second-order valence-electron chi connectivity index (χ2n) is 6.21. The van der Waals surface area contributed by atoms with Crippen LogP contribution in [0.15, 0.2) is 15.9 Å². The second kappa shape index (κ2) is 6.28. The predicted molar refractivity (Wildman–Crippen MR) is 100 cm³/mol. The van der Waals surface area contributed by atoms with Gasteiger partial charge in [-0.05, 0) is 50.3 Å². The van der Waals surface area contributed by atoms with E-state index in [9.17, 15) is 10.1 Å². The van der Waals surface area contributed by atoms with Crippen LogP contribution in [0.1, 0.15) is 39.5 Å². The first kappa shape index (κ1) is 16.3. The molecule has 0 amide bonds. The number of nitriles is 1. The Hall–Kier alpha value is -2.17. The van der Waals surface area contributed by atoms with Crippen molar-refractivity contribution in [2.75, 3.05) is 0 Å². The van der Waals surface area contributed by atoms with Crippen molar-refractivity contribution in [1.82, 2.24) is 15.0 Å². The van der Waals surface area contributed by atoms with E-state index in [0.29, 0.717) is 22.2 Å². The van der Waals surface area contributed by atoms with E-state index >= 15 is 0 Å². The normalized spacial score (nSPS) is 13.2. The Balaban J connectivity index is 1.67. The third-order valence-electron chi connectivity index (χ3n) is 4.39. The summed E-state index contributed by atoms with van der Waals surface area (Å²) in [5.41, 5.74) is 3.54. The lowest BCUT2D eigenvalue weighted by atomic mass is 10.1. The number of hydrogen-bond donors (Lipinski definition) is 1. The van der Waals surface area contributed by atoms with Gasteiger partial charge in [-0.3, -0.25) is 4.79 Å². The molecule has 25 heavy (non-hydrogen) atoms. The number of aryl methyl sites for hydroxylation is 4. The maximum atomic E-state index is 12.5. The minimum absolute atomic E-state index is 0.0473. The maximum Gasteiger partial charge on any atom is 0.259 e. The summed E-state index contributed by atoms with van der Waals surface area (Å²) >= 11 is 3.08. The molecule has 0 saturated carbocycles. The quantitative estimate of drug-likeness (QED) is 0.714. The first-order valence-corrected chi connectivity index (χ1v) is 9.91. The molecule has 0 aliphatic heterocycles. The highest BCUT2D eigenvalue weighted by Crippen LogP contribution is 2.35. The highest BCUT2D eigenvalue weighted by Gasteiger charge is 2.21. The van der Waals surface area contributed by atoms with Crippen LogP contribution in [0.3, 0.4) is 0 Å². The molecular formula is C18H16N4OS2. The standard InChI is InChI=1S/C18H16N4OS2/c1-9-6-10(2)20-17(12(9)7-19)24-8-14-21-16(23)15-11-4-3-5-13(11)25-18(15)22-14/h6H,3-5,8H2,1-2H3,(H,21,22,23). The predicted octanol–water partition coefficient (Wildman–Crippen LogP) is 3.65. The Morgan fingerprint density at radius 2 is 2.20 bits per heavy atom. The number of thiophene rings is 1. The molecule has 0 unspecified atom stereocenters. The zero-order chi connectivity index (χ0) is 17.6. The molecule has 0 saturated heterocycles. The van der Waals surface area contributed by atoms with E-state index in [0.717, 1.165) is 40.7 Å². The highest BCUT2D eigenvalue weighted by atomic mass is 32.2. The van der Waals surface area contributed by atoms with E-state index in [1.54, 1.807) is 11.3 Å². The molecule has 4 rings (SSSR count). The van der Waals surface area contributed by atoms with Gasteiger partial charge in [0.05, 0.1) is 16.7 Å². The molecule has 0 fully saturated rings. The van der Waals surface area contributed by atoms with E-state index in [4.69, 9.17) is 0 Å². The van der Waals surface area contributed by atoms with Crippen molar-refractivity contribution in [3.05, 3.63) is 49.5 Å². The molecule has 126 valence electrons. The number of aromatic amines is 1. The minimum Gasteiger partial charge on any atom is -0.309 e. The van der Waals surface area contributed by atoms with Crippen molar-refractivity contribution < 1.29 is 0 Å². The van der Waals surface area contributed by atoms with Crippen molar-refractivity contribution in [1.29, 1.82) is 5.26 Å². The molecule has 3 aromatic rings. The molecule has 1 N–H and O–H groups in total. The van der Waals surface area contributed by atoms with Gasteiger partial charge < -0.3 is 4.98 Å². The van der Waals surface area contributed by atoms with Crippen molar-refractivity contribution >= 4 is 33.3 Å². The number of fused-ring (bicyclic) bond motifs is 3. The molecule has 0 atom stereocenters. The van der Waals surface area contributed by atoms with Gasteiger partial charge in [-0.25, -0.2) is 9.97 Å². The lowest BCUT2D eigenvalue weighted by Gasteiger charge is -2.07. The lowest BCUT2D eigenvalue weighted by molar-refractivity contribution is 0.916.